The molecule has 0 heterocycles. The monoisotopic (exact) mass is 468 g/mol. The van der Waals surface area contributed by atoms with Gasteiger partial charge in [-0.3, -0.25) is 9.10 Å². The smallest absolute Gasteiger partial charge is 0.340 e. The highest BCUT2D eigenvalue weighted by Crippen LogP contribution is 2.25. The fourth-order valence-corrected chi connectivity index (χ4v) is 3.86. The number of hydrogen-bond donors (Lipinski definition) is 1. The highest BCUT2D eigenvalue weighted by atomic mass is 32.2. The Labute approximate surface area is 192 Å². The third kappa shape index (κ3) is 6.56. The highest BCUT2D eigenvalue weighted by molar-refractivity contribution is 7.92. The molecule has 1 amide bonds. The van der Waals surface area contributed by atoms with E-state index in [1.807, 2.05) is 18.2 Å². The molecule has 3 aromatic carbocycles. The van der Waals surface area contributed by atoms with Gasteiger partial charge in [0.1, 0.15) is 18.0 Å². The first kappa shape index (κ1) is 23.8. The number of nitrogens with one attached hydrogen (secondary N) is 1. The van der Waals surface area contributed by atoms with Crippen molar-refractivity contribution in [3.63, 3.8) is 0 Å². The van der Waals surface area contributed by atoms with E-state index in [9.17, 15) is 18.0 Å². The van der Waals surface area contributed by atoms with Crippen LogP contribution < -0.4 is 14.4 Å². The van der Waals surface area contributed by atoms with Crippen molar-refractivity contribution in [3.05, 3.63) is 84.4 Å². The van der Waals surface area contributed by atoms with Gasteiger partial charge in [0.15, 0.2) is 0 Å². The molecule has 0 aliphatic rings. The molecule has 3 aromatic rings. The number of esters is 1. The number of carbonyl (C=O) groups is 2. The zero-order valence-electron chi connectivity index (χ0n) is 18.2. The van der Waals surface area contributed by atoms with Gasteiger partial charge in [0.05, 0.1) is 29.8 Å². The summed E-state index contributed by atoms with van der Waals surface area (Å²) in [5, 5.41) is 2.60. The first-order chi connectivity index (χ1) is 15.8. The molecular weight excluding hydrogens is 444 g/mol. The maximum atomic E-state index is 12.7. The molecule has 0 aliphatic heterocycles. The number of rotatable bonds is 9. The number of hydrogen-bond acceptors (Lipinski definition) is 6. The van der Waals surface area contributed by atoms with E-state index in [-0.39, 0.29) is 17.9 Å². The van der Waals surface area contributed by atoms with Gasteiger partial charge >= 0.3 is 5.97 Å². The Hall–Kier alpha value is -3.85. The molecule has 8 nitrogen and oxygen atoms in total. The van der Waals surface area contributed by atoms with Gasteiger partial charge in [-0.2, -0.15) is 0 Å². The Bertz CT molecular complexity index is 1210. The molecule has 0 bridgehead atoms. The summed E-state index contributed by atoms with van der Waals surface area (Å²) in [6.07, 6.45) is 1.02. The predicted octanol–water partition coefficient (Wildman–Crippen LogP) is 4.06. The second-order valence-electron chi connectivity index (χ2n) is 6.99. The van der Waals surface area contributed by atoms with Crippen LogP contribution in [-0.4, -0.2) is 39.7 Å². The third-order valence-electron chi connectivity index (χ3n) is 4.49. The van der Waals surface area contributed by atoms with Crippen LogP contribution in [-0.2, 0) is 19.6 Å². The molecule has 0 fully saturated rings. The Morgan fingerprint density at radius 3 is 2.12 bits per heavy atom. The van der Waals surface area contributed by atoms with Gasteiger partial charge in [-0.25, -0.2) is 13.2 Å². The van der Waals surface area contributed by atoms with Crippen molar-refractivity contribution in [3.8, 4) is 11.5 Å². The fourth-order valence-electron chi connectivity index (χ4n) is 3.00. The lowest BCUT2D eigenvalue weighted by atomic mass is 10.2. The molecule has 9 heteroatoms. The molecule has 0 spiro atoms. The largest absolute Gasteiger partial charge is 0.462 e. The van der Waals surface area contributed by atoms with Crippen molar-refractivity contribution < 1.29 is 27.5 Å². The van der Waals surface area contributed by atoms with Crippen molar-refractivity contribution in [2.24, 2.45) is 0 Å². The fraction of sp³-hybridized carbons (Fsp3) is 0.167. The number of benzene rings is 3. The number of ether oxygens (including phenoxy) is 2. The summed E-state index contributed by atoms with van der Waals surface area (Å²) in [7, 11) is -3.77. The Kier molecular flexibility index (Phi) is 7.68. The standard InChI is InChI=1S/C24H24N2O6S/c1-3-31-24(28)21-11-7-8-12-22(21)25-23(27)17-26(33(2,29)30)18-13-15-20(16-14-18)32-19-9-5-4-6-10-19/h4-16H,3,17H2,1-2H3,(H,25,27). The number of nitrogens with zero attached hydrogens (tertiary/aromatic N) is 1. The minimum atomic E-state index is -3.77. The van der Waals surface area contributed by atoms with Gasteiger partial charge in [-0.15, -0.1) is 0 Å². The molecule has 0 aliphatic carbocycles. The molecule has 172 valence electrons. The Balaban J connectivity index is 1.76. The van der Waals surface area contributed by atoms with Crippen LogP contribution in [0.4, 0.5) is 11.4 Å². The number of anilines is 2. The van der Waals surface area contributed by atoms with Gasteiger partial charge in [0.25, 0.3) is 0 Å². The second kappa shape index (κ2) is 10.6. The third-order valence-corrected chi connectivity index (χ3v) is 5.63. The van der Waals surface area contributed by atoms with Crippen LogP contribution >= 0.6 is 0 Å². The average molecular weight is 469 g/mol. The molecule has 0 unspecified atom stereocenters. The van der Waals surface area contributed by atoms with E-state index in [0.29, 0.717) is 17.2 Å². The lowest BCUT2D eigenvalue weighted by molar-refractivity contribution is -0.114. The zero-order chi connectivity index (χ0) is 23.8. The lowest BCUT2D eigenvalue weighted by Gasteiger charge is -2.22. The van der Waals surface area contributed by atoms with Crippen LogP contribution in [0.15, 0.2) is 78.9 Å². The van der Waals surface area contributed by atoms with Crippen molar-refractivity contribution in [2.45, 2.75) is 6.92 Å². The van der Waals surface area contributed by atoms with Crippen LogP contribution in [0.25, 0.3) is 0 Å². The van der Waals surface area contributed by atoms with Gasteiger partial charge in [-0.1, -0.05) is 30.3 Å². The molecule has 1 N–H and O–H groups in total. The van der Waals surface area contributed by atoms with Crippen molar-refractivity contribution in [1.82, 2.24) is 0 Å². The van der Waals surface area contributed by atoms with Crippen LogP contribution in [0, 0.1) is 0 Å². The summed E-state index contributed by atoms with van der Waals surface area (Å²) in [5.41, 5.74) is 0.716. The molecule has 3 rings (SSSR count). The SMILES string of the molecule is CCOC(=O)c1ccccc1NC(=O)CN(c1ccc(Oc2ccccc2)cc1)S(C)(=O)=O. The minimum Gasteiger partial charge on any atom is -0.462 e. The van der Waals surface area contributed by atoms with E-state index in [0.717, 1.165) is 10.6 Å². The maximum absolute atomic E-state index is 12.7. The number of amides is 1. The normalized spacial score (nSPS) is 10.8. The lowest BCUT2D eigenvalue weighted by Crippen LogP contribution is -2.37. The Morgan fingerprint density at radius 1 is 0.879 bits per heavy atom. The first-order valence-electron chi connectivity index (χ1n) is 10.1. The van der Waals surface area contributed by atoms with Crippen molar-refractivity contribution in [1.29, 1.82) is 0 Å². The van der Waals surface area contributed by atoms with E-state index in [4.69, 9.17) is 9.47 Å². The molecule has 33 heavy (non-hydrogen) atoms. The summed E-state index contributed by atoms with van der Waals surface area (Å²) in [5.74, 6) is -0.0276. The van der Waals surface area contributed by atoms with Crippen molar-refractivity contribution >= 4 is 33.3 Å². The number of sulfonamides is 1. The predicted molar refractivity (Wildman–Crippen MR) is 126 cm³/mol. The van der Waals surface area contributed by atoms with E-state index in [2.05, 4.69) is 5.32 Å². The van der Waals surface area contributed by atoms with E-state index >= 15 is 0 Å². The summed E-state index contributed by atoms with van der Waals surface area (Å²) in [6, 6.07) is 21.9. The van der Waals surface area contributed by atoms with E-state index < -0.39 is 28.4 Å². The van der Waals surface area contributed by atoms with E-state index in [1.54, 1.807) is 61.5 Å². The molecular formula is C24H24N2O6S. The topological polar surface area (TPSA) is 102 Å². The maximum Gasteiger partial charge on any atom is 0.340 e. The van der Waals surface area contributed by atoms with Crippen LogP contribution in [0.2, 0.25) is 0 Å². The Morgan fingerprint density at radius 2 is 1.48 bits per heavy atom. The van der Waals surface area contributed by atoms with E-state index in [1.165, 1.54) is 6.07 Å². The van der Waals surface area contributed by atoms with Crippen LogP contribution in [0.3, 0.4) is 0 Å². The first-order valence-corrected chi connectivity index (χ1v) is 12.0. The van der Waals surface area contributed by atoms with Crippen molar-refractivity contribution in [2.75, 3.05) is 29.0 Å². The summed E-state index contributed by atoms with van der Waals surface area (Å²) >= 11 is 0. The van der Waals surface area contributed by atoms with Crippen LogP contribution in [0.5, 0.6) is 11.5 Å². The number of para-hydroxylation sites is 2. The van der Waals surface area contributed by atoms with Crippen LogP contribution in [0.1, 0.15) is 17.3 Å². The summed E-state index contributed by atoms with van der Waals surface area (Å²) in [4.78, 5) is 24.8. The molecule has 0 radical (unpaired) electrons. The van der Waals surface area contributed by atoms with Gasteiger partial charge in [0, 0.05) is 0 Å². The summed E-state index contributed by atoms with van der Waals surface area (Å²) in [6.45, 7) is 1.39. The highest BCUT2D eigenvalue weighted by Gasteiger charge is 2.22. The number of carbonyl (C=O) groups excluding carboxylic acids is 2. The van der Waals surface area contributed by atoms with Gasteiger partial charge in [-0.05, 0) is 55.5 Å². The summed E-state index contributed by atoms with van der Waals surface area (Å²) < 4.78 is 36.5. The van der Waals surface area contributed by atoms with Gasteiger partial charge in [0.2, 0.25) is 15.9 Å². The average Bonchev–Trinajstić information content (AvgIpc) is 2.79. The minimum absolute atomic E-state index is 0.181. The second-order valence-corrected chi connectivity index (χ2v) is 8.90. The quantitative estimate of drug-likeness (QED) is 0.475. The molecule has 0 aromatic heterocycles. The van der Waals surface area contributed by atoms with Gasteiger partial charge < -0.3 is 14.8 Å². The molecule has 0 atom stereocenters. The zero-order valence-corrected chi connectivity index (χ0v) is 19.0. The molecule has 0 saturated heterocycles. The molecule has 0 saturated carbocycles.